The molecule has 1 amide bonds. The van der Waals surface area contributed by atoms with E-state index < -0.39 is 12.1 Å². The summed E-state index contributed by atoms with van der Waals surface area (Å²) in [5.74, 6) is 1.73. The highest BCUT2D eigenvalue weighted by Gasteiger charge is 2.37. The quantitative estimate of drug-likeness (QED) is 0.749. The summed E-state index contributed by atoms with van der Waals surface area (Å²) in [5, 5.41) is 9.90. The Balaban J connectivity index is 1.92. The minimum absolute atomic E-state index is 0.0607. The Kier molecular flexibility index (Phi) is 7.18. The third kappa shape index (κ3) is 4.68. The number of aliphatic hydroxyl groups excluding tert-OH is 1. The highest BCUT2D eigenvalue weighted by atomic mass is 16.5. The molecule has 1 saturated heterocycles. The summed E-state index contributed by atoms with van der Waals surface area (Å²) in [6, 6.07) is 12.1. The SMILES string of the molecule is COc1ccc([C@@H]2[C@@H](CO)OCCN2C(=O)c2ccc(OC(C)C)cc2)cc1OC. The van der Waals surface area contributed by atoms with Crippen molar-refractivity contribution in [3.8, 4) is 17.2 Å². The normalized spacial score (nSPS) is 18.9. The van der Waals surface area contributed by atoms with Gasteiger partial charge in [-0.15, -0.1) is 0 Å². The molecule has 1 aliphatic heterocycles. The van der Waals surface area contributed by atoms with Crippen molar-refractivity contribution in [3.05, 3.63) is 53.6 Å². The average Bonchev–Trinajstić information content (AvgIpc) is 2.77. The van der Waals surface area contributed by atoms with E-state index in [9.17, 15) is 9.90 Å². The lowest BCUT2D eigenvalue weighted by atomic mass is 9.96. The Hall–Kier alpha value is -2.77. The van der Waals surface area contributed by atoms with E-state index in [4.69, 9.17) is 18.9 Å². The van der Waals surface area contributed by atoms with E-state index in [0.717, 1.165) is 5.56 Å². The second kappa shape index (κ2) is 9.82. The standard InChI is InChI=1S/C23H29NO6/c1-15(2)30-18-8-5-16(6-9-18)23(26)24-11-12-29-21(14-25)22(24)17-7-10-19(27-3)20(13-17)28-4/h5-10,13,15,21-22,25H,11-12,14H2,1-4H3/t21-,22-/m1/s1. The number of ether oxygens (including phenoxy) is 4. The van der Waals surface area contributed by atoms with Crippen molar-refractivity contribution in [1.82, 2.24) is 4.90 Å². The van der Waals surface area contributed by atoms with Crippen molar-refractivity contribution >= 4 is 5.91 Å². The van der Waals surface area contributed by atoms with Crippen LogP contribution in [-0.2, 0) is 4.74 Å². The van der Waals surface area contributed by atoms with Gasteiger partial charge < -0.3 is 29.0 Å². The molecule has 1 fully saturated rings. The first-order valence-corrected chi connectivity index (χ1v) is 10.0. The van der Waals surface area contributed by atoms with Gasteiger partial charge in [0, 0.05) is 12.1 Å². The summed E-state index contributed by atoms with van der Waals surface area (Å²) >= 11 is 0. The molecule has 1 aliphatic rings. The summed E-state index contributed by atoms with van der Waals surface area (Å²) < 4.78 is 22.2. The lowest BCUT2D eigenvalue weighted by Crippen LogP contribution is -2.49. The zero-order valence-corrected chi connectivity index (χ0v) is 17.8. The Labute approximate surface area is 177 Å². The predicted octanol–water partition coefficient (Wildman–Crippen LogP) is 3.07. The van der Waals surface area contributed by atoms with Crippen LogP contribution < -0.4 is 14.2 Å². The number of rotatable bonds is 7. The number of hydrogen-bond acceptors (Lipinski definition) is 6. The molecule has 2 atom stereocenters. The van der Waals surface area contributed by atoms with Gasteiger partial charge in [0.2, 0.25) is 0 Å². The van der Waals surface area contributed by atoms with Crippen molar-refractivity contribution in [2.75, 3.05) is 34.0 Å². The summed E-state index contributed by atoms with van der Waals surface area (Å²) in [5.41, 5.74) is 1.36. The second-order valence-electron chi connectivity index (χ2n) is 7.34. The summed E-state index contributed by atoms with van der Waals surface area (Å²) in [7, 11) is 3.13. The number of methoxy groups -OCH3 is 2. The molecule has 0 spiro atoms. The molecule has 2 aromatic rings. The second-order valence-corrected chi connectivity index (χ2v) is 7.34. The van der Waals surface area contributed by atoms with Gasteiger partial charge in [0.05, 0.1) is 39.6 Å². The van der Waals surface area contributed by atoms with Gasteiger partial charge in [-0.3, -0.25) is 4.79 Å². The Bertz CT molecular complexity index is 851. The number of amides is 1. The third-order valence-electron chi connectivity index (χ3n) is 5.02. The molecule has 0 radical (unpaired) electrons. The van der Waals surface area contributed by atoms with E-state index in [0.29, 0.717) is 36.0 Å². The van der Waals surface area contributed by atoms with Gasteiger partial charge in [0.1, 0.15) is 11.9 Å². The largest absolute Gasteiger partial charge is 0.493 e. The molecule has 0 aromatic heterocycles. The minimum Gasteiger partial charge on any atom is -0.493 e. The maximum atomic E-state index is 13.3. The number of carbonyl (C=O) groups is 1. The Morgan fingerprint density at radius 1 is 1.13 bits per heavy atom. The maximum absolute atomic E-state index is 13.3. The molecule has 7 nitrogen and oxygen atoms in total. The molecule has 0 saturated carbocycles. The van der Waals surface area contributed by atoms with Gasteiger partial charge in [-0.25, -0.2) is 0 Å². The molecule has 1 heterocycles. The number of aliphatic hydroxyl groups is 1. The highest BCUT2D eigenvalue weighted by Crippen LogP contribution is 2.36. The highest BCUT2D eigenvalue weighted by molar-refractivity contribution is 5.94. The number of hydrogen-bond donors (Lipinski definition) is 1. The van der Waals surface area contributed by atoms with Crippen LogP contribution in [0, 0.1) is 0 Å². The summed E-state index contributed by atoms with van der Waals surface area (Å²) in [4.78, 5) is 15.1. The van der Waals surface area contributed by atoms with Gasteiger partial charge in [-0.1, -0.05) is 6.07 Å². The predicted molar refractivity (Wildman–Crippen MR) is 112 cm³/mol. The van der Waals surface area contributed by atoms with Crippen molar-refractivity contribution in [1.29, 1.82) is 0 Å². The van der Waals surface area contributed by atoms with Crippen molar-refractivity contribution in [2.45, 2.75) is 32.1 Å². The molecule has 162 valence electrons. The van der Waals surface area contributed by atoms with Gasteiger partial charge in [-0.2, -0.15) is 0 Å². The molecule has 0 bridgehead atoms. The zero-order valence-electron chi connectivity index (χ0n) is 17.8. The monoisotopic (exact) mass is 415 g/mol. The van der Waals surface area contributed by atoms with Gasteiger partial charge in [-0.05, 0) is 55.8 Å². The van der Waals surface area contributed by atoms with E-state index >= 15 is 0 Å². The fourth-order valence-electron chi connectivity index (χ4n) is 3.66. The van der Waals surface area contributed by atoms with Crippen LogP contribution in [0.1, 0.15) is 35.8 Å². The van der Waals surface area contributed by atoms with E-state index in [-0.39, 0.29) is 18.6 Å². The number of morpholine rings is 1. The van der Waals surface area contributed by atoms with Crippen LogP contribution in [-0.4, -0.2) is 62.1 Å². The van der Waals surface area contributed by atoms with Crippen molar-refractivity contribution < 1.29 is 28.8 Å². The van der Waals surface area contributed by atoms with Gasteiger partial charge in [0.15, 0.2) is 11.5 Å². The molecule has 7 heteroatoms. The molecule has 2 aromatic carbocycles. The van der Waals surface area contributed by atoms with Crippen LogP contribution in [0.2, 0.25) is 0 Å². The number of carbonyl (C=O) groups excluding carboxylic acids is 1. The Morgan fingerprint density at radius 2 is 1.83 bits per heavy atom. The number of nitrogens with zero attached hydrogens (tertiary/aromatic N) is 1. The first-order valence-electron chi connectivity index (χ1n) is 10.0. The molecule has 30 heavy (non-hydrogen) atoms. The van der Waals surface area contributed by atoms with E-state index in [1.165, 1.54) is 0 Å². The molecular formula is C23H29NO6. The lowest BCUT2D eigenvalue weighted by Gasteiger charge is -2.41. The smallest absolute Gasteiger partial charge is 0.254 e. The van der Waals surface area contributed by atoms with Gasteiger partial charge in [0.25, 0.3) is 5.91 Å². The Morgan fingerprint density at radius 3 is 2.43 bits per heavy atom. The summed E-state index contributed by atoms with van der Waals surface area (Å²) in [6.45, 7) is 4.48. The van der Waals surface area contributed by atoms with Gasteiger partial charge >= 0.3 is 0 Å². The average molecular weight is 415 g/mol. The van der Waals surface area contributed by atoms with Crippen LogP contribution in [0.5, 0.6) is 17.2 Å². The topological polar surface area (TPSA) is 77.5 Å². The molecule has 0 aliphatic carbocycles. The third-order valence-corrected chi connectivity index (χ3v) is 5.02. The lowest BCUT2D eigenvalue weighted by molar-refractivity contribution is -0.0811. The van der Waals surface area contributed by atoms with Crippen LogP contribution in [0.25, 0.3) is 0 Å². The fourth-order valence-corrected chi connectivity index (χ4v) is 3.66. The molecular weight excluding hydrogens is 386 g/mol. The minimum atomic E-state index is -0.538. The first-order chi connectivity index (χ1) is 14.5. The molecule has 1 N–H and O–H groups in total. The van der Waals surface area contributed by atoms with E-state index in [1.54, 1.807) is 49.5 Å². The number of benzene rings is 2. The zero-order chi connectivity index (χ0) is 21.7. The van der Waals surface area contributed by atoms with Crippen molar-refractivity contribution in [2.24, 2.45) is 0 Å². The summed E-state index contributed by atoms with van der Waals surface area (Å²) in [6.07, 6.45) is -0.477. The van der Waals surface area contributed by atoms with Crippen LogP contribution in [0.15, 0.2) is 42.5 Å². The van der Waals surface area contributed by atoms with Crippen LogP contribution >= 0.6 is 0 Å². The van der Waals surface area contributed by atoms with Crippen molar-refractivity contribution in [3.63, 3.8) is 0 Å². The van der Waals surface area contributed by atoms with E-state index in [1.807, 2.05) is 26.0 Å². The fraction of sp³-hybridized carbons (Fsp3) is 0.435. The first kappa shape index (κ1) is 21.9. The van der Waals surface area contributed by atoms with Crippen LogP contribution in [0.4, 0.5) is 0 Å². The molecule has 3 rings (SSSR count). The maximum Gasteiger partial charge on any atom is 0.254 e. The van der Waals surface area contributed by atoms with E-state index in [2.05, 4.69) is 0 Å². The van der Waals surface area contributed by atoms with Crippen LogP contribution in [0.3, 0.4) is 0 Å². The molecule has 0 unspecified atom stereocenters.